The van der Waals surface area contributed by atoms with Gasteiger partial charge in [0, 0.05) is 6.42 Å². The number of hydrogen-bond acceptors (Lipinski definition) is 4. The summed E-state index contributed by atoms with van der Waals surface area (Å²) < 4.78 is 17.1. The van der Waals surface area contributed by atoms with Gasteiger partial charge in [0.1, 0.15) is 6.29 Å². The minimum absolute atomic E-state index is 0.568. The van der Waals surface area contributed by atoms with Gasteiger partial charge in [-0.25, -0.2) is 0 Å². The summed E-state index contributed by atoms with van der Waals surface area (Å²) in [5.74, 6) is 2.15. The lowest BCUT2D eigenvalue weighted by atomic mass is 10.1. The van der Waals surface area contributed by atoms with Gasteiger partial charge in [-0.1, -0.05) is 12.2 Å². The maximum absolute atomic E-state index is 10.3. The van der Waals surface area contributed by atoms with Gasteiger partial charge in [-0.05, 0) is 57.7 Å². The zero-order valence-corrected chi connectivity index (χ0v) is 14.5. The Bertz CT molecular complexity index is 467. The SMILES string of the molecule is CCOc1cc(CC/C=C/CCC=O)cc(OCC)c1OCC. The summed E-state index contributed by atoms with van der Waals surface area (Å²) in [7, 11) is 0. The quantitative estimate of drug-likeness (QED) is 0.326. The van der Waals surface area contributed by atoms with E-state index in [0.717, 1.165) is 42.6 Å². The molecular weight excluding hydrogens is 292 g/mol. The molecule has 0 radical (unpaired) electrons. The number of hydrogen-bond donors (Lipinski definition) is 0. The highest BCUT2D eigenvalue weighted by atomic mass is 16.5. The maximum atomic E-state index is 10.3. The van der Waals surface area contributed by atoms with Crippen molar-refractivity contribution in [2.24, 2.45) is 0 Å². The Morgan fingerprint density at radius 2 is 1.39 bits per heavy atom. The largest absolute Gasteiger partial charge is 0.490 e. The number of rotatable bonds is 12. The van der Waals surface area contributed by atoms with Crippen molar-refractivity contribution in [2.75, 3.05) is 19.8 Å². The molecule has 1 rings (SSSR count). The summed E-state index contributed by atoms with van der Waals surface area (Å²) in [5.41, 5.74) is 1.15. The van der Waals surface area contributed by atoms with Crippen LogP contribution in [0.15, 0.2) is 24.3 Å². The van der Waals surface area contributed by atoms with E-state index in [-0.39, 0.29) is 0 Å². The molecule has 0 atom stereocenters. The number of aldehydes is 1. The number of carbonyl (C=O) groups is 1. The van der Waals surface area contributed by atoms with E-state index in [9.17, 15) is 4.79 Å². The molecule has 0 fully saturated rings. The van der Waals surface area contributed by atoms with Crippen molar-refractivity contribution in [2.45, 2.75) is 46.5 Å². The number of unbranched alkanes of at least 4 members (excludes halogenated alkanes) is 1. The zero-order valence-electron chi connectivity index (χ0n) is 14.5. The van der Waals surface area contributed by atoms with Gasteiger partial charge < -0.3 is 19.0 Å². The van der Waals surface area contributed by atoms with Crippen LogP contribution in [0.25, 0.3) is 0 Å². The Balaban J connectivity index is 2.85. The summed E-state index contributed by atoms with van der Waals surface area (Å²) in [5, 5.41) is 0. The monoisotopic (exact) mass is 320 g/mol. The lowest BCUT2D eigenvalue weighted by Gasteiger charge is -2.17. The fourth-order valence-corrected chi connectivity index (χ4v) is 2.24. The minimum Gasteiger partial charge on any atom is -0.490 e. The second kappa shape index (κ2) is 11.6. The average Bonchev–Trinajstić information content (AvgIpc) is 2.54. The maximum Gasteiger partial charge on any atom is 0.203 e. The lowest BCUT2D eigenvalue weighted by molar-refractivity contribution is -0.107. The van der Waals surface area contributed by atoms with E-state index < -0.39 is 0 Å². The number of carbonyl (C=O) groups excluding carboxylic acids is 1. The Morgan fingerprint density at radius 1 is 0.826 bits per heavy atom. The number of aryl methyl sites for hydroxylation is 1. The molecule has 0 aliphatic carbocycles. The molecule has 0 saturated carbocycles. The molecule has 4 heteroatoms. The van der Waals surface area contributed by atoms with E-state index in [0.29, 0.717) is 32.0 Å². The Hall–Kier alpha value is -1.97. The van der Waals surface area contributed by atoms with E-state index in [2.05, 4.69) is 12.2 Å². The van der Waals surface area contributed by atoms with Crippen molar-refractivity contribution in [3.63, 3.8) is 0 Å². The molecule has 0 saturated heterocycles. The summed E-state index contributed by atoms with van der Waals surface area (Å²) in [4.78, 5) is 10.3. The van der Waals surface area contributed by atoms with Gasteiger partial charge in [-0.2, -0.15) is 0 Å². The van der Waals surface area contributed by atoms with Gasteiger partial charge in [0.2, 0.25) is 5.75 Å². The number of ether oxygens (including phenoxy) is 3. The van der Waals surface area contributed by atoms with Gasteiger partial charge >= 0.3 is 0 Å². The van der Waals surface area contributed by atoms with Crippen LogP contribution in [0.5, 0.6) is 17.2 Å². The van der Waals surface area contributed by atoms with Crippen molar-refractivity contribution < 1.29 is 19.0 Å². The third-order valence-corrected chi connectivity index (χ3v) is 3.19. The van der Waals surface area contributed by atoms with Crippen molar-refractivity contribution in [1.82, 2.24) is 0 Å². The van der Waals surface area contributed by atoms with E-state index in [1.165, 1.54) is 0 Å². The summed E-state index contributed by atoms with van der Waals surface area (Å²) in [6.07, 6.45) is 8.31. The van der Waals surface area contributed by atoms with Crippen LogP contribution >= 0.6 is 0 Å². The molecule has 0 N–H and O–H groups in total. The molecule has 1 aromatic carbocycles. The number of allylic oxidation sites excluding steroid dienone is 2. The Kier molecular flexibility index (Phi) is 9.60. The van der Waals surface area contributed by atoms with E-state index >= 15 is 0 Å². The zero-order chi connectivity index (χ0) is 16.9. The topological polar surface area (TPSA) is 44.8 Å². The van der Waals surface area contributed by atoms with Crippen LogP contribution in [-0.4, -0.2) is 26.1 Å². The van der Waals surface area contributed by atoms with Crippen molar-refractivity contribution in [3.8, 4) is 17.2 Å². The molecular formula is C19H28O4. The van der Waals surface area contributed by atoms with Crippen molar-refractivity contribution in [3.05, 3.63) is 29.8 Å². The molecule has 0 spiro atoms. The molecule has 4 nitrogen and oxygen atoms in total. The van der Waals surface area contributed by atoms with Crippen molar-refractivity contribution in [1.29, 1.82) is 0 Å². The third-order valence-electron chi connectivity index (χ3n) is 3.19. The molecule has 0 bridgehead atoms. The molecule has 0 heterocycles. The Morgan fingerprint density at radius 3 is 1.91 bits per heavy atom. The predicted molar refractivity (Wildman–Crippen MR) is 92.7 cm³/mol. The fourth-order valence-electron chi connectivity index (χ4n) is 2.24. The standard InChI is InChI=1S/C19H28O4/c1-4-21-17-14-16(12-10-8-7-9-11-13-20)15-18(22-5-2)19(17)23-6-3/h7-8,13-15H,4-6,9-12H2,1-3H3/b8-7+. The highest BCUT2D eigenvalue weighted by Crippen LogP contribution is 2.39. The van der Waals surface area contributed by atoms with Crippen LogP contribution in [0.2, 0.25) is 0 Å². The molecule has 1 aromatic rings. The van der Waals surface area contributed by atoms with Gasteiger partial charge in [-0.15, -0.1) is 0 Å². The smallest absolute Gasteiger partial charge is 0.203 e. The van der Waals surface area contributed by atoms with Gasteiger partial charge in [0.05, 0.1) is 19.8 Å². The average molecular weight is 320 g/mol. The highest BCUT2D eigenvalue weighted by molar-refractivity contribution is 5.54. The molecule has 128 valence electrons. The summed E-state index contributed by atoms with van der Waals surface area (Å²) in [6, 6.07) is 4.05. The van der Waals surface area contributed by atoms with Crippen LogP contribution in [0.1, 0.15) is 45.6 Å². The Labute approximate surface area is 139 Å². The first-order valence-electron chi connectivity index (χ1n) is 8.40. The first kappa shape index (κ1) is 19.1. The minimum atomic E-state index is 0.568. The van der Waals surface area contributed by atoms with Gasteiger partial charge in [0.15, 0.2) is 11.5 Å². The second-order valence-electron chi connectivity index (χ2n) is 4.97. The van der Waals surface area contributed by atoms with Crippen molar-refractivity contribution >= 4 is 6.29 Å². The van der Waals surface area contributed by atoms with Crippen LogP contribution in [0, 0.1) is 0 Å². The summed E-state index contributed by atoms with van der Waals surface area (Å²) >= 11 is 0. The van der Waals surface area contributed by atoms with Crippen LogP contribution < -0.4 is 14.2 Å². The lowest BCUT2D eigenvalue weighted by Crippen LogP contribution is -2.03. The molecule has 0 amide bonds. The summed E-state index contributed by atoms with van der Waals surface area (Å²) in [6.45, 7) is 7.60. The van der Waals surface area contributed by atoms with Crippen LogP contribution in [-0.2, 0) is 11.2 Å². The van der Waals surface area contributed by atoms with E-state index in [1.807, 2.05) is 32.9 Å². The highest BCUT2D eigenvalue weighted by Gasteiger charge is 2.14. The molecule has 0 aliphatic rings. The number of benzene rings is 1. The molecule has 0 aromatic heterocycles. The fraction of sp³-hybridized carbons (Fsp3) is 0.526. The van der Waals surface area contributed by atoms with Gasteiger partial charge in [-0.3, -0.25) is 0 Å². The van der Waals surface area contributed by atoms with E-state index in [1.54, 1.807) is 0 Å². The van der Waals surface area contributed by atoms with E-state index in [4.69, 9.17) is 14.2 Å². The predicted octanol–water partition coefficient (Wildman–Crippen LogP) is 4.35. The molecule has 0 aliphatic heterocycles. The van der Waals surface area contributed by atoms with Crippen LogP contribution in [0.4, 0.5) is 0 Å². The van der Waals surface area contributed by atoms with Crippen LogP contribution in [0.3, 0.4) is 0 Å². The normalized spacial score (nSPS) is 10.7. The molecule has 0 unspecified atom stereocenters. The first-order valence-corrected chi connectivity index (χ1v) is 8.40. The second-order valence-corrected chi connectivity index (χ2v) is 4.97. The molecule has 23 heavy (non-hydrogen) atoms. The first-order chi connectivity index (χ1) is 11.3. The van der Waals surface area contributed by atoms with Gasteiger partial charge in [0.25, 0.3) is 0 Å². The third kappa shape index (κ3) is 6.76.